The molecule has 0 saturated carbocycles. The number of hydrogen-bond donors (Lipinski definition) is 0. The Morgan fingerprint density at radius 3 is 2.78 bits per heavy atom. The van der Waals surface area contributed by atoms with Crippen LogP contribution in [0.4, 0.5) is 13.2 Å². The molecule has 32 heavy (non-hydrogen) atoms. The third-order valence-corrected chi connectivity index (χ3v) is 5.86. The molecule has 1 aliphatic rings. The number of fused-ring (bicyclic) bond motifs is 2. The first kappa shape index (κ1) is 20.4. The van der Waals surface area contributed by atoms with Crippen molar-refractivity contribution in [1.82, 2.24) is 24.5 Å². The van der Waals surface area contributed by atoms with Crippen LogP contribution in [0.1, 0.15) is 46.3 Å². The van der Waals surface area contributed by atoms with Crippen LogP contribution in [0.2, 0.25) is 0 Å². The number of benzene rings is 1. The minimum absolute atomic E-state index is 0.159. The maximum absolute atomic E-state index is 13.7. The molecular weight excluding hydrogens is 419 g/mol. The van der Waals surface area contributed by atoms with Gasteiger partial charge in [0.05, 0.1) is 5.69 Å². The van der Waals surface area contributed by atoms with E-state index in [-0.39, 0.29) is 24.0 Å². The smallest absolute Gasteiger partial charge is 0.337 e. The van der Waals surface area contributed by atoms with Crippen LogP contribution in [-0.4, -0.2) is 43.5 Å². The lowest BCUT2D eigenvalue weighted by molar-refractivity contribution is -0.142. The molecule has 9 heteroatoms. The number of piperidine rings is 1. The van der Waals surface area contributed by atoms with Gasteiger partial charge in [-0.2, -0.15) is 18.3 Å². The number of amides is 1. The number of hydrogen-bond acceptors (Lipinski definition) is 4. The number of pyridine rings is 1. The second kappa shape index (κ2) is 7.58. The first-order valence-corrected chi connectivity index (χ1v) is 10.4. The topological polar surface area (TPSA) is 63.4 Å². The SMILES string of the molecule is Cc1cc2nc(C3CCCN(C(=O)c4nccc5ccccc45)C3)cc(C(F)(F)F)n2n1. The Labute approximate surface area is 181 Å². The molecule has 1 aromatic carbocycles. The molecule has 0 radical (unpaired) electrons. The van der Waals surface area contributed by atoms with E-state index in [9.17, 15) is 18.0 Å². The third-order valence-electron chi connectivity index (χ3n) is 5.86. The molecule has 1 aliphatic heterocycles. The second-order valence-corrected chi connectivity index (χ2v) is 8.09. The van der Waals surface area contributed by atoms with Gasteiger partial charge in [0, 0.05) is 42.4 Å². The van der Waals surface area contributed by atoms with Crippen LogP contribution in [0.15, 0.2) is 48.7 Å². The maximum atomic E-state index is 13.7. The monoisotopic (exact) mass is 439 g/mol. The van der Waals surface area contributed by atoms with Gasteiger partial charge in [-0.15, -0.1) is 0 Å². The molecule has 0 bridgehead atoms. The van der Waals surface area contributed by atoms with Gasteiger partial charge in [0.15, 0.2) is 5.65 Å². The van der Waals surface area contributed by atoms with Crippen LogP contribution >= 0.6 is 0 Å². The molecule has 0 N–H and O–H groups in total. The van der Waals surface area contributed by atoms with Gasteiger partial charge in [-0.25, -0.2) is 9.50 Å². The average molecular weight is 439 g/mol. The number of likely N-dealkylation sites (tertiary alicyclic amines) is 1. The largest absolute Gasteiger partial charge is 0.433 e. The number of rotatable bonds is 2. The van der Waals surface area contributed by atoms with Crippen LogP contribution in [0.3, 0.4) is 0 Å². The molecule has 4 aromatic rings. The van der Waals surface area contributed by atoms with Crippen LogP contribution in [-0.2, 0) is 6.18 Å². The molecule has 3 aromatic heterocycles. The third kappa shape index (κ3) is 3.57. The molecule has 1 unspecified atom stereocenters. The number of aryl methyl sites for hydroxylation is 1. The summed E-state index contributed by atoms with van der Waals surface area (Å²) >= 11 is 0. The van der Waals surface area contributed by atoms with Gasteiger partial charge < -0.3 is 4.90 Å². The predicted octanol–water partition coefficient (Wildman–Crippen LogP) is 4.62. The lowest BCUT2D eigenvalue weighted by Crippen LogP contribution is -2.39. The molecule has 1 fully saturated rings. The van der Waals surface area contributed by atoms with Crippen molar-refractivity contribution in [3.05, 3.63) is 71.4 Å². The quantitative estimate of drug-likeness (QED) is 0.457. The molecule has 0 aliphatic carbocycles. The normalized spacial score (nSPS) is 17.2. The summed E-state index contributed by atoms with van der Waals surface area (Å²) in [5, 5.41) is 5.61. The predicted molar refractivity (Wildman–Crippen MR) is 112 cm³/mol. The Balaban J connectivity index is 1.49. The van der Waals surface area contributed by atoms with Gasteiger partial charge in [-0.05, 0) is 37.3 Å². The minimum atomic E-state index is -4.56. The Hall–Kier alpha value is -3.49. The fourth-order valence-corrected chi connectivity index (χ4v) is 4.36. The molecule has 0 spiro atoms. The zero-order valence-corrected chi connectivity index (χ0v) is 17.3. The number of carbonyl (C=O) groups excluding carboxylic acids is 1. The van der Waals surface area contributed by atoms with Crippen molar-refractivity contribution in [2.45, 2.75) is 31.9 Å². The molecule has 1 amide bonds. The standard InChI is InChI=1S/C23H20F3N5O/c1-14-11-20-28-18(12-19(23(24,25)26)31(20)29-14)16-6-4-10-30(13-16)22(32)21-17-7-3-2-5-15(17)8-9-27-21/h2-3,5,7-9,11-12,16H,4,6,10,13H2,1H3. The summed E-state index contributed by atoms with van der Waals surface area (Å²) in [5.74, 6) is -0.521. The van der Waals surface area contributed by atoms with E-state index in [1.807, 2.05) is 30.3 Å². The fourth-order valence-electron chi connectivity index (χ4n) is 4.36. The zero-order valence-electron chi connectivity index (χ0n) is 17.3. The molecule has 164 valence electrons. The highest BCUT2D eigenvalue weighted by Crippen LogP contribution is 2.34. The summed E-state index contributed by atoms with van der Waals surface area (Å²) in [6.07, 6.45) is -1.64. The maximum Gasteiger partial charge on any atom is 0.433 e. The number of aromatic nitrogens is 4. The summed E-state index contributed by atoms with van der Waals surface area (Å²) in [4.78, 5) is 23.7. The first-order chi connectivity index (χ1) is 15.3. The summed E-state index contributed by atoms with van der Waals surface area (Å²) in [6.45, 7) is 2.45. The van der Waals surface area contributed by atoms with E-state index in [4.69, 9.17) is 0 Å². The summed E-state index contributed by atoms with van der Waals surface area (Å²) in [7, 11) is 0. The van der Waals surface area contributed by atoms with E-state index < -0.39 is 11.9 Å². The summed E-state index contributed by atoms with van der Waals surface area (Å²) in [6, 6.07) is 12.0. The average Bonchev–Trinajstić information content (AvgIpc) is 3.17. The Kier molecular flexibility index (Phi) is 4.83. The lowest BCUT2D eigenvalue weighted by Gasteiger charge is -2.32. The van der Waals surface area contributed by atoms with Crippen molar-refractivity contribution >= 4 is 22.3 Å². The number of carbonyl (C=O) groups is 1. The van der Waals surface area contributed by atoms with Crippen molar-refractivity contribution in [2.75, 3.05) is 13.1 Å². The van der Waals surface area contributed by atoms with Crippen LogP contribution in [0.25, 0.3) is 16.4 Å². The van der Waals surface area contributed by atoms with Gasteiger partial charge in [-0.1, -0.05) is 24.3 Å². The van der Waals surface area contributed by atoms with Gasteiger partial charge in [0.1, 0.15) is 11.4 Å². The first-order valence-electron chi connectivity index (χ1n) is 10.4. The Morgan fingerprint density at radius 1 is 1.16 bits per heavy atom. The summed E-state index contributed by atoms with van der Waals surface area (Å²) < 4.78 is 41.9. The van der Waals surface area contributed by atoms with Crippen molar-refractivity contribution in [2.24, 2.45) is 0 Å². The Morgan fingerprint density at radius 2 is 1.97 bits per heavy atom. The van der Waals surface area contributed by atoms with Crippen LogP contribution < -0.4 is 0 Å². The molecule has 1 atom stereocenters. The van der Waals surface area contributed by atoms with E-state index in [1.54, 1.807) is 18.0 Å². The number of alkyl halides is 3. The van der Waals surface area contributed by atoms with Crippen molar-refractivity contribution in [3.63, 3.8) is 0 Å². The van der Waals surface area contributed by atoms with Crippen molar-refractivity contribution in [3.8, 4) is 0 Å². The molecule has 5 rings (SSSR count). The van der Waals surface area contributed by atoms with Crippen molar-refractivity contribution in [1.29, 1.82) is 0 Å². The zero-order chi connectivity index (χ0) is 22.5. The highest BCUT2D eigenvalue weighted by atomic mass is 19.4. The Bertz CT molecular complexity index is 1330. The number of halogens is 3. The van der Waals surface area contributed by atoms with Gasteiger partial charge in [0.25, 0.3) is 5.91 Å². The van der Waals surface area contributed by atoms with Gasteiger partial charge in [0.2, 0.25) is 0 Å². The highest BCUT2D eigenvalue weighted by molar-refractivity contribution is 6.05. The minimum Gasteiger partial charge on any atom is -0.337 e. The van der Waals surface area contributed by atoms with Gasteiger partial charge in [-0.3, -0.25) is 9.78 Å². The van der Waals surface area contributed by atoms with Gasteiger partial charge >= 0.3 is 6.18 Å². The highest BCUT2D eigenvalue weighted by Gasteiger charge is 2.36. The number of nitrogens with zero attached hydrogens (tertiary/aromatic N) is 5. The molecule has 4 heterocycles. The molecule has 6 nitrogen and oxygen atoms in total. The second-order valence-electron chi connectivity index (χ2n) is 8.09. The van der Waals surface area contributed by atoms with E-state index in [0.29, 0.717) is 36.5 Å². The van der Waals surface area contributed by atoms with E-state index in [2.05, 4.69) is 15.1 Å². The van der Waals surface area contributed by atoms with E-state index in [0.717, 1.165) is 21.4 Å². The summed E-state index contributed by atoms with van der Waals surface area (Å²) in [5.41, 5.74) is 0.446. The molecule has 1 saturated heterocycles. The van der Waals surface area contributed by atoms with E-state index >= 15 is 0 Å². The van der Waals surface area contributed by atoms with Crippen molar-refractivity contribution < 1.29 is 18.0 Å². The van der Waals surface area contributed by atoms with E-state index in [1.165, 1.54) is 6.07 Å². The fraction of sp³-hybridized carbons (Fsp3) is 0.304. The lowest BCUT2D eigenvalue weighted by atomic mass is 9.93. The van der Waals surface area contributed by atoms with Crippen LogP contribution in [0, 0.1) is 6.92 Å². The molecular formula is C23H20F3N5O. The van der Waals surface area contributed by atoms with Crippen LogP contribution in [0.5, 0.6) is 0 Å².